The van der Waals surface area contributed by atoms with Gasteiger partial charge in [-0.15, -0.1) is 36.6 Å². The molecule has 5 nitrogen and oxygen atoms in total. The monoisotopic (exact) mass is 515 g/mol. The fourth-order valence-corrected chi connectivity index (χ4v) is 5.49. The highest BCUT2D eigenvalue weighted by Crippen LogP contribution is 2.39. The van der Waals surface area contributed by atoms with Crippen LogP contribution in [0.1, 0.15) is 27.0 Å². The third-order valence-electron chi connectivity index (χ3n) is 6.11. The highest BCUT2D eigenvalue weighted by atomic mass is 35.5. The molecule has 1 fully saturated rings. The van der Waals surface area contributed by atoms with E-state index in [2.05, 4.69) is 69.4 Å². The lowest BCUT2D eigenvalue weighted by Crippen LogP contribution is -2.47. The lowest BCUT2D eigenvalue weighted by Gasteiger charge is -2.35. The number of carboxylic acid groups (broad SMARTS) is 1. The van der Waals surface area contributed by atoms with E-state index in [1.807, 2.05) is 11.8 Å². The van der Waals surface area contributed by atoms with Crippen molar-refractivity contribution < 1.29 is 9.90 Å². The van der Waals surface area contributed by atoms with Crippen molar-refractivity contribution >= 4 is 53.9 Å². The van der Waals surface area contributed by atoms with E-state index in [9.17, 15) is 9.90 Å². The number of carboxylic acids is 1. The maximum atomic E-state index is 11.5. The van der Waals surface area contributed by atoms with Gasteiger partial charge in [0.15, 0.2) is 0 Å². The number of anilines is 1. The van der Waals surface area contributed by atoms with Crippen LogP contribution in [0.4, 0.5) is 5.82 Å². The topological polar surface area (TPSA) is 56.7 Å². The Hall–Kier alpha value is -2.51. The Morgan fingerprint density at radius 1 is 0.941 bits per heavy atom. The summed E-state index contributed by atoms with van der Waals surface area (Å²) in [6.07, 6.45) is 4.03. The van der Waals surface area contributed by atoms with Gasteiger partial charge >= 0.3 is 5.97 Å². The predicted octanol–water partition coefficient (Wildman–Crippen LogP) is 5.48. The van der Waals surface area contributed by atoms with Crippen LogP contribution in [0.5, 0.6) is 0 Å². The van der Waals surface area contributed by atoms with Crippen molar-refractivity contribution in [2.75, 3.05) is 37.6 Å². The molecule has 0 unspecified atom stereocenters. The average Bonchev–Trinajstić information content (AvgIpc) is 3.00. The van der Waals surface area contributed by atoms with Crippen LogP contribution >= 0.6 is 36.6 Å². The van der Waals surface area contributed by atoms with E-state index in [0.29, 0.717) is 5.82 Å². The van der Waals surface area contributed by atoms with Gasteiger partial charge in [-0.1, -0.05) is 48.5 Å². The van der Waals surface area contributed by atoms with Crippen LogP contribution in [0.25, 0.3) is 5.57 Å². The second kappa shape index (κ2) is 11.8. The molecule has 5 rings (SSSR count). The van der Waals surface area contributed by atoms with Gasteiger partial charge in [0.25, 0.3) is 0 Å². The molecule has 0 radical (unpaired) electrons. The van der Waals surface area contributed by atoms with E-state index in [-0.39, 0.29) is 30.4 Å². The number of carbonyl (C=O) groups is 1. The second-order valence-corrected chi connectivity index (χ2v) is 9.04. The minimum absolute atomic E-state index is 0. The molecule has 0 atom stereocenters. The van der Waals surface area contributed by atoms with Crippen molar-refractivity contribution in [1.82, 2.24) is 9.88 Å². The molecule has 2 aliphatic heterocycles. The molecule has 1 saturated heterocycles. The Morgan fingerprint density at radius 2 is 1.65 bits per heavy atom. The van der Waals surface area contributed by atoms with Gasteiger partial charge in [0, 0.05) is 49.6 Å². The molecule has 3 heterocycles. The first-order chi connectivity index (χ1) is 15.7. The molecular weight excluding hydrogens is 489 g/mol. The van der Waals surface area contributed by atoms with Crippen LogP contribution in [-0.4, -0.2) is 53.7 Å². The molecule has 2 aliphatic rings. The molecule has 8 heteroatoms. The van der Waals surface area contributed by atoms with E-state index >= 15 is 0 Å². The summed E-state index contributed by atoms with van der Waals surface area (Å²) in [6, 6.07) is 20.7. The van der Waals surface area contributed by atoms with Gasteiger partial charge < -0.3 is 10.0 Å². The number of nitrogens with zero attached hydrogens (tertiary/aromatic N) is 3. The van der Waals surface area contributed by atoms with Crippen LogP contribution in [0.15, 0.2) is 77.8 Å². The van der Waals surface area contributed by atoms with Crippen LogP contribution in [-0.2, 0) is 5.75 Å². The molecule has 0 bridgehead atoms. The highest BCUT2D eigenvalue weighted by Gasteiger charge is 2.23. The van der Waals surface area contributed by atoms with Gasteiger partial charge in [0.05, 0.1) is 0 Å². The number of halogens is 2. The van der Waals surface area contributed by atoms with Crippen LogP contribution in [0, 0.1) is 0 Å². The summed E-state index contributed by atoms with van der Waals surface area (Å²) in [5, 5.41) is 9.47. The summed E-state index contributed by atoms with van der Waals surface area (Å²) in [5.74, 6) is 0.629. The minimum Gasteiger partial charge on any atom is -0.478 e. The Bertz CT molecular complexity index is 1130. The lowest BCUT2D eigenvalue weighted by molar-refractivity contribution is 0.0697. The fourth-order valence-electron chi connectivity index (χ4n) is 4.42. The molecule has 34 heavy (non-hydrogen) atoms. The van der Waals surface area contributed by atoms with Gasteiger partial charge in [0.2, 0.25) is 0 Å². The highest BCUT2D eigenvalue weighted by molar-refractivity contribution is 7.98. The number of piperazine rings is 1. The third kappa shape index (κ3) is 5.41. The van der Waals surface area contributed by atoms with Crippen molar-refractivity contribution in [3.63, 3.8) is 0 Å². The van der Waals surface area contributed by atoms with Crippen molar-refractivity contribution in [3.8, 4) is 0 Å². The Morgan fingerprint density at radius 3 is 2.41 bits per heavy atom. The molecular formula is C26H27Cl2N3O2S. The second-order valence-electron chi connectivity index (χ2n) is 8.03. The number of rotatable bonds is 4. The number of aromatic carboxylic acids is 1. The first-order valence-electron chi connectivity index (χ1n) is 10.9. The van der Waals surface area contributed by atoms with Crippen LogP contribution in [0.3, 0.4) is 0 Å². The Labute approximate surface area is 216 Å². The first kappa shape index (κ1) is 26.1. The number of hydrogen-bond acceptors (Lipinski definition) is 5. The molecule has 2 aromatic carbocycles. The fraction of sp³-hybridized carbons (Fsp3) is 0.231. The Balaban J connectivity index is 0.00000162. The maximum absolute atomic E-state index is 11.5. The van der Waals surface area contributed by atoms with E-state index in [1.54, 1.807) is 18.3 Å². The lowest BCUT2D eigenvalue weighted by atomic mass is 9.94. The minimum atomic E-state index is -0.927. The van der Waals surface area contributed by atoms with Gasteiger partial charge in [0.1, 0.15) is 11.4 Å². The van der Waals surface area contributed by atoms with Crippen molar-refractivity contribution in [2.45, 2.75) is 10.6 Å². The molecule has 0 spiro atoms. The zero-order valence-electron chi connectivity index (χ0n) is 18.6. The third-order valence-corrected chi connectivity index (χ3v) is 7.23. The SMILES string of the molecule is Cl.Cl.O=C(O)c1cccnc1N1CCN(CC=C2c3ccccc3CSc3ccccc32)CC1. The van der Waals surface area contributed by atoms with Gasteiger partial charge in [-0.05, 0) is 40.5 Å². The van der Waals surface area contributed by atoms with E-state index in [0.717, 1.165) is 38.5 Å². The zero-order valence-corrected chi connectivity index (χ0v) is 21.0. The molecule has 1 N–H and O–H groups in total. The molecule has 1 aromatic heterocycles. The number of aromatic nitrogens is 1. The summed E-state index contributed by atoms with van der Waals surface area (Å²) >= 11 is 1.90. The number of fused-ring (bicyclic) bond motifs is 2. The quantitative estimate of drug-likeness (QED) is 0.496. The van der Waals surface area contributed by atoms with Gasteiger partial charge in [-0.2, -0.15) is 0 Å². The molecule has 0 aliphatic carbocycles. The summed E-state index contributed by atoms with van der Waals surface area (Å²) in [6.45, 7) is 4.15. The smallest absolute Gasteiger partial charge is 0.339 e. The number of hydrogen-bond donors (Lipinski definition) is 1. The largest absolute Gasteiger partial charge is 0.478 e. The number of benzene rings is 2. The zero-order chi connectivity index (χ0) is 21.9. The van der Waals surface area contributed by atoms with Crippen LogP contribution in [0.2, 0.25) is 0 Å². The molecule has 0 saturated carbocycles. The summed E-state index contributed by atoms with van der Waals surface area (Å²) in [5.41, 5.74) is 5.58. The standard InChI is InChI=1S/C26H25N3O2S.2ClH/c30-26(31)23-9-5-12-27-25(23)29-16-14-28(15-17-29)13-11-21-20-7-2-1-6-19(20)18-32-24-10-4-3-8-22(21)24;;/h1-12H,13-18H2,(H,30,31);2*1H. The first-order valence-corrected chi connectivity index (χ1v) is 11.9. The number of pyridine rings is 1. The molecule has 178 valence electrons. The average molecular weight is 516 g/mol. The van der Waals surface area contributed by atoms with E-state index in [4.69, 9.17) is 0 Å². The predicted molar refractivity (Wildman–Crippen MR) is 144 cm³/mol. The summed E-state index contributed by atoms with van der Waals surface area (Å²) in [7, 11) is 0. The molecule has 3 aromatic rings. The molecule has 0 amide bonds. The number of thioether (sulfide) groups is 1. The van der Waals surface area contributed by atoms with Crippen molar-refractivity contribution in [1.29, 1.82) is 0 Å². The Kier molecular flexibility index (Phi) is 9.03. The normalized spacial score (nSPS) is 16.5. The van der Waals surface area contributed by atoms with Crippen LogP contribution < -0.4 is 4.90 Å². The van der Waals surface area contributed by atoms with E-state index < -0.39 is 5.97 Å². The van der Waals surface area contributed by atoms with Crippen molar-refractivity contribution in [3.05, 3.63) is 95.2 Å². The summed E-state index contributed by atoms with van der Waals surface area (Å²) in [4.78, 5) is 21.7. The van der Waals surface area contributed by atoms with E-state index in [1.165, 1.54) is 27.2 Å². The maximum Gasteiger partial charge on any atom is 0.339 e. The van der Waals surface area contributed by atoms with Crippen molar-refractivity contribution in [2.24, 2.45) is 0 Å². The van der Waals surface area contributed by atoms with Gasteiger partial charge in [-0.3, -0.25) is 4.90 Å². The van der Waals surface area contributed by atoms with Gasteiger partial charge in [-0.25, -0.2) is 9.78 Å². The summed E-state index contributed by atoms with van der Waals surface area (Å²) < 4.78 is 0.